The Labute approximate surface area is 168 Å². The first kappa shape index (κ1) is 24.8. The van der Waals surface area contributed by atoms with Gasteiger partial charge in [0.2, 0.25) is 0 Å². The molecule has 6 heteroatoms. The standard InChI is InChI=1S/C19H33NO2S3/c1-3-4-5-6-7-8-9-10-11-12-13-19(2,15-20)14-16(17(21)22)25-18(23)24/h16H,3-14H2,1-2H3,(H,21,22)(H,23,24). The lowest BCUT2D eigenvalue weighted by atomic mass is 9.81. The first-order valence-electron chi connectivity index (χ1n) is 9.38. The van der Waals surface area contributed by atoms with E-state index in [0.29, 0.717) is 9.95 Å². The Morgan fingerprint density at radius 3 is 2.04 bits per heavy atom. The van der Waals surface area contributed by atoms with Crippen molar-refractivity contribution in [1.29, 1.82) is 5.26 Å². The molecule has 0 saturated carbocycles. The number of thioether (sulfide) groups is 1. The molecular formula is C19H33NO2S3. The van der Waals surface area contributed by atoms with Gasteiger partial charge in [0.15, 0.2) is 0 Å². The number of carbonyl (C=O) groups is 1. The van der Waals surface area contributed by atoms with Gasteiger partial charge in [-0.05, 0) is 19.8 Å². The molecule has 0 heterocycles. The maximum absolute atomic E-state index is 11.3. The molecule has 0 spiro atoms. The zero-order valence-corrected chi connectivity index (χ0v) is 18.2. The van der Waals surface area contributed by atoms with Crippen LogP contribution in [0.3, 0.4) is 0 Å². The molecule has 25 heavy (non-hydrogen) atoms. The Kier molecular flexibility index (Phi) is 14.7. The number of hydrogen-bond donors (Lipinski definition) is 2. The molecule has 144 valence electrons. The predicted octanol–water partition coefficient (Wildman–Crippen LogP) is 6.62. The van der Waals surface area contributed by atoms with Crippen LogP contribution in [-0.2, 0) is 4.79 Å². The Morgan fingerprint density at radius 2 is 1.64 bits per heavy atom. The molecule has 1 N–H and O–H groups in total. The van der Waals surface area contributed by atoms with Crippen LogP contribution in [0.5, 0.6) is 0 Å². The van der Waals surface area contributed by atoms with E-state index in [4.69, 9.17) is 12.2 Å². The molecule has 0 aliphatic carbocycles. The maximum Gasteiger partial charge on any atom is 0.317 e. The van der Waals surface area contributed by atoms with Gasteiger partial charge in [0.25, 0.3) is 0 Å². The van der Waals surface area contributed by atoms with E-state index in [0.717, 1.165) is 31.0 Å². The van der Waals surface area contributed by atoms with E-state index in [1.54, 1.807) is 0 Å². The summed E-state index contributed by atoms with van der Waals surface area (Å²) in [7, 11) is 0. The van der Waals surface area contributed by atoms with Crippen LogP contribution >= 0.6 is 36.6 Å². The van der Waals surface area contributed by atoms with Gasteiger partial charge in [-0.25, -0.2) is 0 Å². The lowest BCUT2D eigenvalue weighted by molar-refractivity contribution is -0.136. The minimum Gasteiger partial charge on any atom is -0.480 e. The minimum absolute atomic E-state index is 0.307. The summed E-state index contributed by atoms with van der Waals surface area (Å²) in [5, 5.41) is 18.1. The third kappa shape index (κ3) is 13.6. The van der Waals surface area contributed by atoms with E-state index < -0.39 is 16.6 Å². The highest BCUT2D eigenvalue weighted by Gasteiger charge is 2.32. The number of thiocarbonyl (C=S) groups is 1. The third-order valence-corrected chi connectivity index (χ3v) is 5.97. The van der Waals surface area contributed by atoms with Gasteiger partial charge >= 0.3 is 5.97 Å². The van der Waals surface area contributed by atoms with E-state index in [1.165, 1.54) is 51.4 Å². The summed E-state index contributed by atoms with van der Waals surface area (Å²) in [5.74, 6) is -0.925. The molecule has 0 radical (unpaired) electrons. The highest BCUT2D eigenvalue weighted by atomic mass is 32.2. The van der Waals surface area contributed by atoms with Crippen LogP contribution in [0.25, 0.3) is 0 Å². The fourth-order valence-corrected chi connectivity index (χ4v) is 4.44. The van der Waals surface area contributed by atoms with E-state index in [9.17, 15) is 15.2 Å². The van der Waals surface area contributed by atoms with Gasteiger partial charge in [0, 0.05) is 0 Å². The molecule has 2 atom stereocenters. The van der Waals surface area contributed by atoms with Crippen LogP contribution in [0.2, 0.25) is 0 Å². The van der Waals surface area contributed by atoms with Gasteiger partial charge in [-0.15, -0.1) is 12.6 Å². The molecular weight excluding hydrogens is 370 g/mol. The number of nitrogens with zero attached hydrogens (tertiary/aromatic N) is 1. The molecule has 0 aromatic rings. The van der Waals surface area contributed by atoms with Gasteiger partial charge in [-0.1, -0.05) is 95.1 Å². The van der Waals surface area contributed by atoms with E-state index >= 15 is 0 Å². The lowest BCUT2D eigenvalue weighted by Crippen LogP contribution is -2.27. The normalized spacial score (nSPS) is 14.5. The van der Waals surface area contributed by atoms with Gasteiger partial charge in [0.05, 0.1) is 11.5 Å². The quantitative estimate of drug-likeness (QED) is 0.183. The van der Waals surface area contributed by atoms with Crippen LogP contribution in [-0.4, -0.2) is 19.9 Å². The van der Waals surface area contributed by atoms with E-state index in [1.807, 2.05) is 6.92 Å². The second-order valence-corrected chi connectivity index (χ2v) is 9.95. The van der Waals surface area contributed by atoms with Crippen molar-refractivity contribution >= 4 is 46.1 Å². The molecule has 0 rings (SSSR count). The van der Waals surface area contributed by atoms with Crippen LogP contribution < -0.4 is 0 Å². The molecule has 2 unspecified atom stereocenters. The molecule has 0 bridgehead atoms. The highest BCUT2D eigenvalue weighted by Crippen LogP contribution is 2.34. The van der Waals surface area contributed by atoms with Crippen molar-refractivity contribution in [3.8, 4) is 6.07 Å². The van der Waals surface area contributed by atoms with Crippen LogP contribution in [0.15, 0.2) is 0 Å². The maximum atomic E-state index is 11.3. The summed E-state index contributed by atoms with van der Waals surface area (Å²) < 4.78 is 0.312. The summed E-state index contributed by atoms with van der Waals surface area (Å²) >= 11 is 9.93. The average Bonchev–Trinajstić information content (AvgIpc) is 2.55. The molecule has 0 aliphatic heterocycles. The SMILES string of the molecule is CCCCCCCCCCCCC(C)(C#N)CC(SC(=S)S)C(=O)O. The number of aliphatic carboxylic acids is 1. The second-order valence-electron chi connectivity index (χ2n) is 7.02. The topological polar surface area (TPSA) is 61.1 Å². The molecule has 0 fully saturated rings. The molecule has 0 saturated heterocycles. The van der Waals surface area contributed by atoms with E-state index in [2.05, 4.69) is 25.6 Å². The van der Waals surface area contributed by atoms with Gasteiger partial charge < -0.3 is 5.11 Å². The molecule has 0 aliphatic rings. The highest BCUT2D eigenvalue weighted by molar-refractivity contribution is 8.42. The van der Waals surface area contributed by atoms with Crippen molar-refractivity contribution in [3.63, 3.8) is 0 Å². The Morgan fingerprint density at radius 1 is 1.16 bits per heavy atom. The number of carboxylic acids is 1. The van der Waals surface area contributed by atoms with Gasteiger partial charge in [-0.2, -0.15) is 5.26 Å². The van der Waals surface area contributed by atoms with Crippen molar-refractivity contribution in [3.05, 3.63) is 0 Å². The number of nitriles is 1. The van der Waals surface area contributed by atoms with Crippen molar-refractivity contribution in [2.24, 2.45) is 5.41 Å². The largest absolute Gasteiger partial charge is 0.480 e. The van der Waals surface area contributed by atoms with Crippen LogP contribution in [0.4, 0.5) is 0 Å². The lowest BCUT2D eigenvalue weighted by Gasteiger charge is -2.24. The third-order valence-electron chi connectivity index (χ3n) is 4.51. The van der Waals surface area contributed by atoms with Crippen molar-refractivity contribution in [2.45, 2.75) is 96.1 Å². The molecule has 3 nitrogen and oxygen atoms in total. The number of rotatable bonds is 15. The predicted molar refractivity (Wildman–Crippen MR) is 115 cm³/mol. The summed E-state index contributed by atoms with van der Waals surface area (Å²) in [6.45, 7) is 4.10. The van der Waals surface area contributed by atoms with Crippen LogP contribution in [0, 0.1) is 16.7 Å². The summed E-state index contributed by atoms with van der Waals surface area (Å²) in [6, 6.07) is 2.32. The summed E-state index contributed by atoms with van der Waals surface area (Å²) in [5.41, 5.74) is -0.616. The zero-order chi connectivity index (χ0) is 19.1. The van der Waals surface area contributed by atoms with Crippen molar-refractivity contribution in [1.82, 2.24) is 0 Å². The first-order valence-corrected chi connectivity index (χ1v) is 11.1. The first-order chi connectivity index (χ1) is 11.8. The van der Waals surface area contributed by atoms with Gasteiger partial charge in [-0.3, -0.25) is 4.79 Å². The fraction of sp³-hybridized carbons (Fsp3) is 0.842. The minimum atomic E-state index is -0.925. The molecule has 0 amide bonds. The fourth-order valence-electron chi connectivity index (χ4n) is 2.92. The van der Waals surface area contributed by atoms with Crippen molar-refractivity contribution < 1.29 is 9.90 Å². The van der Waals surface area contributed by atoms with Crippen molar-refractivity contribution in [2.75, 3.05) is 0 Å². The molecule has 0 aromatic heterocycles. The number of hydrogen-bond acceptors (Lipinski definition) is 4. The average molecular weight is 404 g/mol. The van der Waals surface area contributed by atoms with Crippen LogP contribution in [0.1, 0.15) is 90.9 Å². The van der Waals surface area contributed by atoms with Gasteiger partial charge in [0.1, 0.15) is 8.78 Å². The number of thiol groups is 1. The Hall–Kier alpha value is -0.250. The Bertz CT molecular complexity index is 437. The smallest absolute Gasteiger partial charge is 0.317 e. The number of unbranched alkanes of at least 4 members (excludes halogenated alkanes) is 9. The van der Waals surface area contributed by atoms with E-state index in [-0.39, 0.29) is 0 Å². The summed E-state index contributed by atoms with van der Waals surface area (Å²) in [4.78, 5) is 11.3. The summed E-state index contributed by atoms with van der Waals surface area (Å²) in [6.07, 6.45) is 13.6. The second kappa shape index (κ2) is 14.9. The number of carboxylic acid groups (broad SMARTS) is 1. The Balaban J connectivity index is 4.00. The zero-order valence-electron chi connectivity index (χ0n) is 15.6. The monoisotopic (exact) mass is 403 g/mol. The molecule has 0 aromatic carbocycles.